The summed E-state index contributed by atoms with van der Waals surface area (Å²) in [6.07, 6.45) is 4.16. The number of hydrogen-bond donors (Lipinski definition) is 1. The van der Waals surface area contributed by atoms with Gasteiger partial charge in [0.15, 0.2) is 0 Å². The van der Waals surface area contributed by atoms with E-state index in [4.69, 9.17) is 9.47 Å². The van der Waals surface area contributed by atoms with Gasteiger partial charge in [-0.15, -0.1) is 0 Å². The molecule has 4 atom stereocenters. The predicted molar refractivity (Wildman–Crippen MR) is 71.6 cm³/mol. The van der Waals surface area contributed by atoms with Gasteiger partial charge in [-0.2, -0.15) is 0 Å². The molecule has 2 fully saturated rings. The highest BCUT2D eigenvalue weighted by Gasteiger charge is 2.48. The van der Waals surface area contributed by atoms with E-state index in [0.29, 0.717) is 29.7 Å². The molecule has 1 N–H and O–H groups in total. The van der Waals surface area contributed by atoms with E-state index in [-0.39, 0.29) is 0 Å². The Kier molecular flexibility index (Phi) is 2.65. The maximum absolute atomic E-state index is 6.29. The molecule has 1 aliphatic carbocycles. The lowest BCUT2D eigenvalue weighted by molar-refractivity contribution is 0.00132. The molecule has 0 amide bonds. The highest BCUT2D eigenvalue weighted by molar-refractivity contribution is 5.38. The highest BCUT2D eigenvalue weighted by atomic mass is 16.5. The summed E-state index contributed by atoms with van der Waals surface area (Å²) in [5, 5.41) is 3.46. The summed E-state index contributed by atoms with van der Waals surface area (Å²) in [5.74, 6) is 3.61. The van der Waals surface area contributed by atoms with Crippen molar-refractivity contribution in [3.05, 3.63) is 17.8 Å². The Balaban J connectivity index is 1.66. The number of nitrogens with zero attached hydrogens (tertiary/aromatic N) is 1. The second-order valence-corrected chi connectivity index (χ2v) is 5.92. The maximum atomic E-state index is 6.29. The molecule has 0 spiro atoms. The first-order chi connectivity index (χ1) is 9.36. The third-order valence-electron chi connectivity index (χ3n) is 5.00. The van der Waals surface area contributed by atoms with Crippen molar-refractivity contribution < 1.29 is 9.47 Å². The van der Waals surface area contributed by atoms with Crippen LogP contribution in [-0.2, 0) is 0 Å². The molecular formula is C15H20N2O2. The van der Waals surface area contributed by atoms with Crippen LogP contribution in [0.1, 0.15) is 30.9 Å². The Morgan fingerprint density at radius 3 is 2.95 bits per heavy atom. The van der Waals surface area contributed by atoms with Gasteiger partial charge in [0.25, 0.3) is 0 Å². The first kappa shape index (κ1) is 11.5. The van der Waals surface area contributed by atoms with Crippen LogP contribution >= 0.6 is 0 Å². The van der Waals surface area contributed by atoms with Gasteiger partial charge in [0.1, 0.15) is 11.9 Å². The third-order valence-corrected chi connectivity index (χ3v) is 5.00. The van der Waals surface area contributed by atoms with Crippen LogP contribution in [0.5, 0.6) is 11.6 Å². The van der Waals surface area contributed by atoms with Gasteiger partial charge in [0, 0.05) is 30.4 Å². The molecule has 19 heavy (non-hydrogen) atoms. The van der Waals surface area contributed by atoms with Gasteiger partial charge in [0.05, 0.1) is 12.8 Å². The van der Waals surface area contributed by atoms with Crippen LogP contribution in [0.4, 0.5) is 0 Å². The first-order valence-corrected chi connectivity index (χ1v) is 7.29. The van der Waals surface area contributed by atoms with E-state index >= 15 is 0 Å². The Bertz CT molecular complexity index is 485. The summed E-state index contributed by atoms with van der Waals surface area (Å²) in [6.45, 7) is 2.24. The minimum atomic E-state index is 0.386. The fourth-order valence-corrected chi connectivity index (χ4v) is 3.82. The van der Waals surface area contributed by atoms with Crippen molar-refractivity contribution in [2.45, 2.75) is 31.3 Å². The molecule has 4 heteroatoms. The SMILES string of the molecule is COc1ccc2c(n1)C1CCC1C([C@H]1CCNC1)O2. The van der Waals surface area contributed by atoms with Gasteiger partial charge >= 0.3 is 0 Å². The number of ether oxygens (including phenoxy) is 2. The van der Waals surface area contributed by atoms with E-state index in [1.54, 1.807) is 7.11 Å². The van der Waals surface area contributed by atoms with Crippen molar-refractivity contribution in [3.8, 4) is 11.6 Å². The van der Waals surface area contributed by atoms with E-state index in [9.17, 15) is 0 Å². The molecule has 1 aromatic rings. The van der Waals surface area contributed by atoms with E-state index in [1.807, 2.05) is 12.1 Å². The predicted octanol–water partition coefficient (Wildman–Crippen LogP) is 1.95. The average molecular weight is 260 g/mol. The molecule has 3 unspecified atom stereocenters. The van der Waals surface area contributed by atoms with Crippen LogP contribution in [0, 0.1) is 11.8 Å². The molecule has 1 aromatic heterocycles. The molecule has 1 saturated carbocycles. The van der Waals surface area contributed by atoms with Crippen molar-refractivity contribution in [2.24, 2.45) is 11.8 Å². The maximum Gasteiger partial charge on any atom is 0.213 e. The van der Waals surface area contributed by atoms with Crippen molar-refractivity contribution in [1.82, 2.24) is 10.3 Å². The lowest BCUT2D eigenvalue weighted by Gasteiger charge is -2.47. The van der Waals surface area contributed by atoms with Gasteiger partial charge in [-0.1, -0.05) is 0 Å². The lowest BCUT2D eigenvalue weighted by Crippen LogP contribution is -2.47. The number of aromatic nitrogens is 1. The second-order valence-electron chi connectivity index (χ2n) is 5.92. The van der Waals surface area contributed by atoms with Crippen LogP contribution in [-0.4, -0.2) is 31.3 Å². The summed E-state index contributed by atoms with van der Waals surface area (Å²) >= 11 is 0. The topological polar surface area (TPSA) is 43.4 Å². The van der Waals surface area contributed by atoms with Crippen molar-refractivity contribution in [3.63, 3.8) is 0 Å². The summed E-state index contributed by atoms with van der Waals surface area (Å²) in [4.78, 5) is 4.61. The van der Waals surface area contributed by atoms with Crippen LogP contribution < -0.4 is 14.8 Å². The summed E-state index contributed by atoms with van der Waals surface area (Å²) in [7, 11) is 1.67. The van der Waals surface area contributed by atoms with E-state index < -0.39 is 0 Å². The molecule has 3 aliphatic rings. The number of methoxy groups -OCH3 is 1. The van der Waals surface area contributed by atoms with Gasteiger partial charge < -0.3 is 14.8 Å². The van der Waals surface area contributed by atoms with Crippen molar-refractivity contribution in [1.29, 1.82) is 0 Å². The number of fused-ring (bicyclic) bond motifs is 3. The van der Waals surface area contributed by atoms with Gasteiger partial charge in [-0.25, -0.2) is 4.98 Å². The summed E-state index contributed by atoms with van der Waals surface area (Å²) in [5.41, 5.74) is 1.12. The molecule has 3 heterocycles. The van der Waals surface area contributed by atoms with Crippen LogP contribution in [0.25, 0.3) is 0 Å². The smallest absolute Gasteiger partial charge is 0.213 e. The number of rotatable bonds is 2. The molecule has 2 aliphatic heterocycles. The Labute approximate surface area is 113 Å². The molecule has 0 radical (unpaired) electrons. The van der Waals surface area contributed by atoms with Gasteiger partial charge in [-0.05, 0) is 31.9 Å². The molecule has 1 saturated heterocycles. The van der Waals surface area contributed by atoms with E-state index in [0.717, 1.165) is 24.5 Å². The fourth-order valence-electron chi connectivity index (χ4n) is 3.82. The normalized spacial score (nSPS) is 35.8. The first-order valence-electron chi connectivity index (χ1n) is 7.29. The van der Waals surface area contributed by atoms with Crippen LogP contribution in [0.2, 0.25) is 0 Å². The number of hydrogen-bond acceptors (Lipinski definition) is 4. The molecule has 0 bridgehead atoms. The molecular weight excluding hydrogens is 240 g/mol. The highest BCUT2D eigenvalue weighted by Crippen LogP contribution is 2.53. The minimum absolute atomic E-state index is 0.386. The molecule has 4 nitrogen and oxygen atoms in total. The Morgan fingerprint density at radius 1 is 1.32 bits per heavy atom. The average Bonchev–Trinajstić information content (AvgIpc) is 2.91. The monoisotopic (exact) mass is 260 g/mol. The largest absolute Gasteiger partial charge is 0.488 e. The summed E-state index contributed by atoms with van der Waals surface area (Å²) in [6, 6.07) is 3.94. The zero-order valence-electron chi connectivity index (χ0n) is 11.3. The Hall–Kier alpha value is -1.29. The number of nitrogens with one attached hydrogen (secondary N) is 1. The second kappa shape index (κ2) is 4.37. The zero-order chi connectivity index (χ0) is 12.8. The van der Waals surface area contributed by atoms with Gasteiger partial charge in [0.2, 0.25) is 5.88 Å². The van der Waals surface area contributed by atoms with Crippen LogP contribution in [0.3, 0.4) is 0 Å². The zero-order valence-corrected chi connectivity index (χ0v) is 11.3. The van der Waals surface area contributed by atoms with Gasteiger partial charge in [-0.3, -0.25) is 0 Å². The van der Waals surface area contributed by atoms with E-state index in [1.165, 1.54) is 19.3 Å². The molecule has 0 aromatic carbocycles. The van der Waals surface area contributed by atoms with Crippen molar-refractivity contribution >= 4 is 0 Å². The quantitative estimate of drug-likeness (QED) is 0.882. The van der Waals surface area contributed by atoms with Crippen molar-refractivity contribution in [2.75, 3.05) is 20.2 Å². The molecule has 102 valence electrons. The minimum Gasteiger partial charge on any atom is -0.488 e. The standard InChI is InChI=1S/C15H20N2O2/c1-18-13-5-4-12-14(17-13)10-2-3-11(10)15(19-12)9-6-7-16-8-9/h4-5,9-11,15-16H,2-3,6-8H2,1H3/t9-,10?,11?,15?/m0/s1. The molecule has 4 rings (SSSR count). The summed E-state index contributed by atoms with van der Waals surface area (Å²) < 4.78 is 11.5. The number of pyridine rings is 1. The third kappa shape index (κ3) is 1.73. The fraction of sp³-hybridized carbons (Fsp3) is 0.667. The lowest BCUT2D eigenvalue weighted by atomic mass is 9.65. The van der Waals surface area contributed by atoms with E-state index in [2.05, 4.69) is 10.3 Å². The Morgan fingerprint density at radius 2 is 2.26 bits per heavy atom. The van der Waals surface area contributed by atoms with Crippen LogP contribution in [0.15, 0.2) is 12.1 Å².